The van der Waals surface area contributed by atoms with Gasteiger partial charge in [-0.2, -0.15) is 5.26 Å². The lowest BCUT2D eigenvalue weighted by molar-refractivity contribution is 0.302. The van der Waals surface area contributed by atoms with Crippen LogP contribution in [-0.2, 0) is 6.42 Å². The monoisotopic (exact) mass is 500 g/mol. The van der Waals surface area contributed by atoms with Gasteiger partial charge in [0.1, 0.15) is 11.8 Å². The average Bonchev–Trinajstić information content (AvgIpc) is 2.95. The Morgan fingerprint density at radius 1 is 0.703 bits per heavy atom. The molecule has 0 atom stereocenters. The topological polar surface area (TPSA) is 36.7 Å². The maximum absolute atomic E-state index is 9.72. The van der Waals surface area contributed by atoms with Crippen LogP contribution in [0.2, 0.25) is 0 Å². The van der Waals surface area contributed by atoms with Gasteiger partial charge >= 0.3 is 0 Å². The Morgan fingerprint density at radius 2 is 1.30 bits per heavy atom. The van der Waals surface area contributed by atoms with Crippen LogP contribution in [0, 0.1) is 17.2 Å². The number of pyridine rings is 1. The van der Waals surface area contributed by atoms with Gasteiger partial charge in [-0.1, -0.05) is 128 Å². The van der Waals surface area contributed by atoms with Crippen molar-refractivity contribution in [3.8, 4) is 17.3 Å². The van der Waals surface area contributed by atoms with Crippen LogP contribution in [0.3, 0.4) is 0 Å². The van der Waals surface area contributed by atoms with Crippen LogP contribution in [0.1, 0.15) is 152 Å². The van der Waals surface area contributed by atoms with Gasteiger partial charge in [-0.3, -0.25) is 0 Å². The summed E-state index contributed by atoms with van der Waals surface area (Å²) < 4.78 is 0. The van der Waals surface area contributed by atoms with Crippen LogP contribution in [0.4, 0.5) is 0 Å². The molecule has 2 nitrogen and oxygen atoms in total. The molecule has 37 heavy (non-hydrogen) atoms. The minimum atomic E-state index is 0.608. The Kier molecular flexibility index (Phi) is 13.8. The van der Waals surface area contributed by atoms with E-state index in [1.165, 1.54) is 115 Å². The number of hydrogen-bond acceptors (Lipinski definition) is 2. The summed E-state index contributed by atoms with van der Waals surface area (Å²) in [5.41, 5.74) is 5.25. The highest BCUT2D eigenvalue weighted by Gasteiger charge is 2.22. The molecule has 2 heteroatoms. The molecule has 2 aromatic rings. The van der Waals surface area contributed by atoms with Crippen molar-refractivity contribution in [3.05, 3.63) is 53.2 Å². The van der Waals surface area contributed by atoms with Gasteiger partial charge in [-0.15, -0.1) is 0 Å². The fourth-order valence-electron chi connectivity index (χ4n) is 6.14. The number of rotatable bonds is 17. The summed E-state index contributed by atoms with van der Waals surface area (Å²) >= 11 is 0. The fourth-order valence-corrected chi connectivity index (χ4v) is 6.14. The first-order valence-corrected chi connectivity index (χ1v) is 15.8. The van der Waals surface area contributed by atoms with E-state index in [1.807, 2.05) is 0 Å². The van der Waals surface area contributed by atoms with E-state index in [2.05, 4.69) is 56.3 Å². The predicted octanol–water partition coefficient (Wildman–Crippen LogP) is 10.9. The van der Waals surface area contributed by atoms with E-state index < -0.39 is 0 Å². The molecule has 1 aromatic carbocycles. The lowest BCUT2D eigenvalue weighted by Gasteiger charge is -2.29. The van der Waals surface area contributed by atoms with Crippen LogP contribution in [-0.4, -0.2) is 4.98 Å². The SMILES string of the molecule is CCCCCCCCCc1ccc(-c2ccc(C3CCC(CCCCCCCC)CC3)cc2)nc1C#N. The molecule has 0 bridgehead atoms. The van der Waals surface area contributed by atoms with E-state index in [4.69, 9.17) is 4.98 Å². The molecule has 0 N–H and O–H groups in total. The van der Waals surface area contributed by atoms with Crippen molar-refractivity contribution in [2.45, 2.75) is 142 Å². The number of aromatic nitrogens is 1. The van der Waals surface area contributed by atoms with Crippen LogP contribution in [0.15, 0.2) is 36.4 Å². The molecule has 1 heterocycles. The smallest absolute Gasteiger partial charge is 0.144 e. The van der Waals surface area contributed by atoms with E-state index in [1.54, 1.807) is 0 Å². The van der Waals surface area contributed by atoms with Crippen molar-refractivity contribution in [2.75, 3.05) is 0 Å². The van der Waals surface area contributed by atoms with Gasteiger partial charge in [0.15, 0.2) is 0 Å². The summed E-state index contributed by atoms with van der Waals surface area (Å²) in [6.07, 6.45) is 25.4. The van der Waals surface area contributed by atoms with Crippen LogP contribution >= 0.6 is 0 Å². The summed E-state index contributed by atoms with van der Waals surface area (Å²) in [6, 6.07) is 15.7. The molecule has 202 valence electrons. The zero-order chi connectivity index (χ0) is 26.1. The highest BCUT2D eigenvalue weighted by Crippen LogP contribution is 2.38. The molecule has 1 aliphatic carbocycles. The third kappa shape index (κ3) is 10.3. The summed E-state index contributed by atoms with van der Waals surface area (Å²) in [4.78, 5) is 4.74. The molecule has 0 spiro atoms. The van der Waals surface area contributed by atoms with Crippen LogP contribution < -0.4 is 0 Å². The molecule has 0 aliphatic heterocycles. The van der Waals surface area contributed by atoms with Gasteiger partial charge in [0, 0.05) is 5.56 Å². The van der Waals surface area contributed by atoms with Gasteiger partial charge < -0.3 is 0 Å². The number of aryl methyl sites for hydroxylation is 1. The molecule has 3 rings (SSSR count). The third-order valence-corrected chi connectivity index (χ3v) is 8.62. The van der Waals surface area contributed by atoms with E-state index in [0.29, 0.717) is 11.6 Å². The van der Waals surface area contributed by atoms with Crippen LogP contribution in [0.25, 0.3) is 11.3 Å². The largest absolute Gasteiger partial charge is 0.237 e. The standard InChI is InChI=1S/C35H52N2/c1-3-5-7-9-11-13-15-17-32-26-27-34(37-35(32)28-36)33-24-22-31(23-25-33)30-20-18-29(19-21-30)16-14-12-10-8-6-4-2/h22-27,29-30H,3-21H2,1-2H3. The lowest BCUT2D eigenvalue weighted by atomic mass is 9.77. The number of nitrogens with zero attached hydrogens (tertiary/aromatic N) is 2. The summed E-state index contributed by atoms with van der Waals surface area (Å²) in [5.74, 6) is 1.66. The summed E-state index contributed by atoms with van der Waals surface area (Å²) in [5, 5.41) is 9.72. The van der Waals surface area contributed by atoms with Gasteiger partial charge in [-0.25, -0.2) is 4.98 Å². The second-order valence-electron chi connectivity index (χ2n) is 11.6. The highest BCUT2D eigenvalue weighted by atomic mass is 14.7. The number of unbranched alkanes of at least 4 members (excludes halogenated alkanes) is 11. The van der Waals surface area contributed by atoms with Crippen molar-refractivity contribution in [3.63, 3.8) is 0 Å². The lowest BCUT2D eigenvalue weighted by Crippen LogP contribution is -2.13. The zero-order valence-corrected chi connectivity index (χ0v) is 23.9. The van der Waals surface area contributed by atoms with Crippen molar-refractivity contribution in [1.82, 2.24) is 4.98 Å². The molecule has 0 amide bonds. The van der Waals surface area contributed by atoms with Crippen molar-refractivity contribution in [2.24, 2.45) is 5.92 Å². The minimum absolute atomic E-state index is 0.608. The fraction of sp³-hybridized carbons (Fsp3) is 0.657. The van der Waals surface area contributed by atoms with Gasteiger partial charge in [-0.05, 0) is 67.6 Å². The Hall–Kier alpha value is -2.14. The van der Waals surface area contributed by atoms with E-state index >= 15 is 0 Å². The van der Waals surface area contributed by atoms with E-state index in [0.717, 1.165) is 35.6 Å². The first-order valence-electron chi connectivity index (χ1n) is 15.8. The predicted molar refractivity (Wildman–Crippen MR) is 159 cm³/mol. The Morgan fingerprint density at radius 3 is 1.92 bits per heavy atom. The van der Waals surface area contributed by atoms with E-state index in [-0.39, 0.29) is 0 Å². The van der Waals surface area contributed by atoms with Gasteiger partial charge in [0.2, 0.25) is 0 Å². The first-order chi connectivity index (χ1) is 18.2. The molecular formula is C35H52N2. The molecule has 1 aromatic heterocycles. The molecule has 0 saturated heterocycles. The Labute approximate surface area is 228 Å². The first kappa shape index (κ1) is 29.4. The molecule has 1 fully saturated rings. The maximum Gasteiger partial charge on any atom is 0.144 e. The summed E-state index contributed by atoms with van der Waals surface area (Å²) in [6.45, 7) is 4.56. The average molecular weight is 501 g/mol. The molecule has 0 radical (unpaired) electrons. The van der Waals surface area contributed by atoms with E-state index in [9.17, 15) is 5.26 Å². The zero-order valence-electron chi connectivity index (χ0n) is 23.9. The quantitative estimate of drug-likeness (QED) is 0.202. The van der Waals surface area contributed by atoms with Gasteiger partial charge in [0.25, 0.3) is 0 Å². The molecule has 1 aliphatic rings. The van der Waals surface area contributed by atoms with Crippen LogP contribution in [0.5, 0.6) is 0 Å². The maximum atomic E-state index is 9.72. The summed E-state index contributed by atoms with van der Waals surface area (Å²) in [7, 11) is 0. The second-order valence-corrected chi connectivity index (χ2v) is 11.6. The molecule has 1 saturated carbocycles. The normalized spacial score (nSPS) is 17.5. The minimum Gasteiger partial charge on any atom is -0.237 e. The third-order valence-electron chi connectivity index (χ3n) is 8.62. The van der Waals surface area contributed by atoms with Gasteiger partial charge in [0.05, 0.1) is 5.69 Å². The highest BCUT2D eigenvalue weighted by molar-refractivity contribution is 5.61. The number of benzene rings is 1. The number of nitriles is 1. The second kappa shape index (κ2) is 17.4. The molecular weight excluding hydrogens is 448 g/mol. The Bertz CT molecular complexity index is 915. The Balaban J connectivity index is 1.44. The van der Waals surface area contributed by atoms with Crippen molar-refractivity contribution >= 4 is 0 Å². The van der Waals surface area contributed by atoms with Crippen molar-refractivity contribution in [1.29, 1.82) is 5.26 Å². The molecule has 0 unspecified atom stereocenters. The van der Waals surface area contributed by atoms with Crippen molar-refractivity contribution < 1.29 is 0 Å². The number of hydrogen-bond donors (Lipinski definition) is 0.